The molecule has 1 aromatic rings. The van der Waals surface area contributed by atoms with Gasteiger partial charge in [-0.1, -0.05) is 0 Å². The van der Waals surface area contributed by atoms with Crippen LogP contribution in [0.15, 0.2) is 18.3 Å². The topological polar surface area (TPSA) is 82.3 Å². The van der Waals surface area contributed by atoms with Crippen LogP contribution in [0.3, 0.4) is 0 Å². The minimum Gasteiger partial charge on any atom is -0.465 e. The Bertz CT molecular complexity index is 333. The van der Waals surface area contributed by atoms with Crippen molar-refractivity contribution in [2.45, 2.75) is 0 Å². The van der Waals surface area contributed by atoms with Crippen molar-refractivity contribution in [2.24, 2.45) is 0 Å². The summed E-state index contributed by atoms with van der Waals surface area (Å²) in [6.45, 7) is 0. The van der Waals surface area contributed by atoms with Crippen LogP contribution in [0.1, 0.15) is 10.4 Å². The molecule has 0 saturated carbocycles. The van der Waals surface area contributed by atoms with Gasteiger partial charge >= 0.3 is 11.8 Å². The van der Waals surface area contributed by atoms with Crippen molar-refractivity contribution in [3.63, 3.8) is 0 Å². The first-order valence-corrected chi connectivity index (χ1v) is 3.34. The summed E-state index contributed by atoms with van der Waals surface area (Å²) >= 11 is 0. The molecule has 0 N–H and O–H groups in total. The van der Waals surface area contributed by atoms with Gasteiger partial charge < -0.3 is 14.9 Å². The fraction of sp³-hybridized carbons (Fsp3) is 0.143. The second kappa shape index (κ2) is 3.61. The molecule has 0 amide bonds. The molecule has 0 saturated heterocycles. The number of hydrogen-bond acceptors (Lipinski definition) is 5. The molecule has 13 heavy (non-hydrogen) atoms. The maximum Gasteiger partial charge on any atom is 0.363 e. The van der Waals surface area contributed by atoms with Gasteiger partial charge in [-0.25, -0.2) is 4.79 Å². The zero-order valence-electron chi connectivity index (χ0n) is 6.76. The van der Waals surface area contributed by atoms with Crippen LogP contribution < -0.4 is 0 Å². The summed E-state index contributed by atoms with van der Waals surface area (Å²) in [5, 5.41) is 10.2. The van der Waals surface area contributed by atoms with E-state index >= 15 is 0 Å². The lowest BCUT2D eigenvalue weighted by Gasteiger charge is -1.95. The maximum atomic E-state index is 10.9. The fourth-order valence-electron chi connectivity index (χ4n) is 0.733. The molecule has 0 aliphatic rings. The zero-order valence-corrected chi connectivity index (χ0v) is 6.76. The van der Waals surface area contributed by atoms with Gasteiger partial charge in [-0.15, -0.1) is 0 Å². The Labute approximate surface area is 73.3 Å². The van der Waals surface area contributed by atoms with Gasteiger partial charge in [0.15, 0.2) is 6.20 Å². The van der Waals surface area contributed by atoms with E-state index in [-0.39, 0.29) is 11.4 Å². The minimum atomic E-state index is -0.638. The van der Waals surface area contributed by atoms with E-state index in [0.29, 0.717) is 0 Å². The molecule has 6 heteroatoms. The second-order valence-corrected chi connectivity index (χ2v) is 2.15. The standard InChI is InChI=1S/C7H6N2O4/c1-13-7(10)5-2-3-6(8-4-5)9(11)12/h2-4H,1H3. The fourth-order valence-corrected chi connectivity index (χ4v) is 0.733. The number of carbonyl (C=O) groups is 1. The third-order valence-corrected chi connectivity index (χ3v) is 1.36. The highest BCUT2D eigenvalue weighted by Crippen LogP contribution is 2.07. The largest absolute Gasteiger partial charge is 0.465 e. The predicted molar refractivity (Wildman–Crippen MR) is 42.2 cm³/mol. The van der Waals surface area contributed by atoms with E-state index in [2.05, 4.69) is 9.72 Å². The summed E-state index contributed by atoms with van der Waals surface area (Å²) < 4.78 is 4.39. The summed E-state index contributed by atoms with van der Waals surface area (Å²) in [6.07, 6.45) is 1.10. The number of nitro groups is 1. The molecular formula is C7H6N2O4. The van der Waals surface area contributed by atoms with E-state index in [4.69, 9.17) is 0 Å². The Balaban J connectivity index is 2.93. The van der Waals surface area contributed by atoms with E-state index in [1.54, 1.807) is 0 Å². The van der Waals surface area contributed by atoms with Crippen molar-refractivity contribution in [2.75, 3.05) is 7.11 Å². The Hall–Kier alpha value is -1.98. The summed E-state index contributed by atoms with van der Waals surface area (Å²) in [4.78, 5) is 23.9. The smallest absolute Gasteiger partial charge is 0.363 e. The first-order chi connectivity index (χ1) is 6.15. The lowest BCUT2D eigenvalue weighted by atomic mass is 10.3. The van der Waals surface area contributed by atoms with Crippen LogP contribution in [0.4, 0.5) is 5.82 Å². The summed E-state index contributed by atoms with van der Waals surface area (Å²) in [5.41, 5.74) is 0.188. The Morgan fingerprint density at radius 2 is 2.31 bits per heavy atom. The molecule has 68 valence electrons. The average molecular weight is 182 g/mol. The summed E-state index contributed by atoms with van der Waals surface area (Å²) in [6, 6.07) is 2.43. The first kappa shape index (κ1) is 9.11. The zero-order chi connectivity index (χ0) is 9.84. The number of rotatable bonds is 2. The van der Waals surface area contributed by atoms with Crippen LogP contribution >= 0.6 is 0 Å². The average Bonchev–Trinajstić information content (AvgIpc) is 2.17. The van der Waals surface area contributed by atoms with Gasteiger partial charge in [0, 0.05) is 6.07 Å². The van der Waals surface area contributed by atoms with Crippen molar-refractivity contribution in [1.82, 2.24) is 4.98 Å². The SMILES string of the molecule is COC(=O)c1ccc([N+](=O)[O-])nc1. The maximum absolute atomic E-state index is 10.9. The van der Waals surface area contributed by atoms with Crippen LogP contribution in [0, 0.1) is 10.1 Å². The van der Waals surface area contributed by atoms with E-state index in [1.165, 1.54) is 13.2 Å². The van der Waals surface area contributed by atoms with Gasteiger partial charge in [0.05, 0.1) is 7.11 Å². The number of aromatic nitrogens is 1. The van der Waals surface area contributed by atoms with Gasteiger partial charge in [-0.3, -0.25) is 0 Å². The molecule has 0 fully saturated rings. The van der Waals surface area contributed by atoms with Crippen molar-refractivity contribution in [3.8, 4) is 0 Å². The quantitative estimate of drug-likeness (QED) is 0.383. The van der Waals surface area contributed by atoms with Gasteiger partial charge in [0.25, 0.3) is 0 Å². The summed E-state index contributed by atoms with van der Waals surface area (Å²) in [7, 11) is 1.23. The molecule has 0 atom stereocenters. The van der Waals surface area contributed by atoms with E-state index in [9.17, 15) is 14.9 Å². The number of ether oxygens (including phenoxy) is 1. The minimum absolute atomic E-state index is 0.188. The second-order valence-electron chi connectivity index (χ2n) is 2.15. The monoisotopic (exact) mass is 182 g/mol. The molecule has 0 radical (unpaired) electrons. The molecule has 0 aliphatic heterocycles. The Kier molecular flexibility index (Phi) is 2.53. The number of methoxy groups -OCH3 is 1. The number of nitrogens with zero attached hydrogens (tertiary/aromatic N) is 2. The third-order valence-electron chi connectivity index (χ3n) is 1.36. The van der Waals surface area contributed by atoms with Crippen molar-refractivity contribution in [3.05, 3.63) is 34.0 Å². The molecular weight excluding hydrogens is 176 g/mol. The van der Waals surface area contributed by atoms with Gasteiger partial charge in [-0.2, -0.15) is 0 Å². The normalized spacial score (nSPS) is 9.31. The highest BCUT2D eigenvalue weighted by Gasteiger charge is 2.11. The molecule has 1 aromatic heterocycles. The van der Waals surface area contributed by atoms with Gasteiger partial charge in [0.1, 0.15) is 5.56 Å². The number of hydrogen-bond donors (Lipinski definition) is 0. The number of pyridine rings is 1. The Morgan fingerprint density at radius 1 is 1.62 bits per heavy atom. The van der Waals surface area contributed by atoms with Crippen molar-refractivity contribution >= 4 is 11.8 Å². The molecule has 0 spiro atoms. The first-order valence-electron chi connectivity index (χ1n) is 3.34. The Morgan fingerprint density at radius 3 is 2.69 bits per heavy atom. The van der Waals surface area contributed by atoms with Crippen LogP contribution in [0.25, 0.3) is 0 Å². The van der Waals surface area contributed by atoms with E-state index in [0.717, 1.165) is 12.3 Å². The van der Waals surface area contributed by atoms with Gasteiger partial charge in [-0.05, 0) is 16.0 Å². The van der Waals surface area contributed by atoms with Crippen molar-refractivity contribution in [1.29, 1.82) is 0 Å². The molecule has 0 aliphatic carbocycles. The number of carbonyl (C=O) groups excluding carboxylic acids is 1. The highest BCUT2D eigenvalue weighted by atomic mass is 16.6. The third kappa shape index (κ3) is 1.98. The lowest BCUT2D eigenvalue weighted by molar-refractivity contribution is -0.389. The van der Waals surface area contributed by atoms with Crippen molar-refractivity contribution < 1.29 is 14.5 Å². The highest BCUT2D eigenvalue weighted by molar-refractivity contribution is 5.88. The van der Waals surface area contributed by atoms with Gasteiger partial charge in [0.2, 0.25) is 0 Å². The molecule has 0 aromatic carbocycles. The molecule has 0 unspecified atom stereocenters. The molecule has 0 bridgehead atoms. The molecule has 1 heterocycles. The van der Waals surface area contributed by atoms with Crippen LogP contribution in [0.5, 0.6) is 0 Å². The van der Waals surface area contributed by atoms with Crippen LogP contribution in [-0.4, -0.2) is 23.0 Å². The predicted octanol–water partition coefficient (Wildman–Crippen LogP) is 0.776. The van der Waals surface area contributed by atoms with Crippen LogP contribution in [0.2, 0.25) is 0 Å². The van der Waals surface area contributed by atoms with Crippen LogP contribution in [-0.2, 0) is 4.74 Å². The van der Waals surface area contributed by atoms with E-state index in [1.807, 2.05) is 0 Å². The summed E-state index contributed by atoms with van der Waals surface area (Å²) in [5.74, 6) is -0.866. The molecule has 1 rings (SSSR count). The van der Waals surface area contributed by atoms with E-state index < -0.39 is 10.9 Å². The molecule has 6 nitrogen and oxygen atoms in total. The lowest BCUT2D eigenvalue weighted by Crippen LogP contribution is -2.02. The number of esters is 1.